The van der Waals surface area contributed by atoms with Crippen molar-refractivity contribution in [3.63, 3.8) is 0 Å². The van der Waals surface area contributed by atoms with Gasteiger partial charge in [0.25, 0.3) is 0 Å². The Hall–Kier alpha value is -2.17. The van der Waals surface area contributed by atoms with E-state index in [0.29, 0.717) is 17.4 Å². The maximum atomic E-state index is 14.0. The van der Waals surface area contributed by atoms with Crippen LogP contribution in [0.15, 0.2) is 18.2 Å². The van der Waals surface area contributed by atoms with Crippen LogP contribution in [0.25, 0.3) is 0 Å². The Morgan fingerprint density at radius 3 is 2.48 bits per heavy atom. The average Bonchev–Trinajstić information content (AvgIpc) is 3.28. The molecule has 0 bridgehead atoms. The number of aromatic nitrogens is 2. The molecule has 4 nitrogen and oxygen atoms in total. The van der Waals surface area contributed by atoms with E-state index < -0.39 is 0 Å². The van der Waals surface area contributed by atoms with Crippen molar-refractivity contribution in [2.75, 3.05) is 17.7 Å². The minimum atomic E-state index is -0.271. The molecule has 2 aromatic rings. The number of hydrogen-bond donors (Lipinski definition) is 2. The second kappa shape index (κ2) is 5.31. The number of benzene rings is 1. The Morgan fingerprint density at radius 1 is 1.14 bits per heavy atom. The molecule has 1 aromatic heterocycles. The molecule has 0 atom stereocenters. The van der Waals surface area contributed by atoms with Crippen molar-refractivity contribution in [1.82, 2.24) is 9.97 Å². The van der Waals surface area contributed by atoms with Gasteiger partial charge in [-0.2, -0.15) is 0 Å². The lowest BCUT2D eigenvalue weighted by Gasteiger charge is -2.14. The lowest BCUT2D eigenvalue weighted by molar-refractivity contribution is 0.630. The van der Waals surface area contributed by atoms with E-state index in [4.69, 9.17) is 0 Å². The summed E-state index contributed by atoms with van der Waals surface area (Å²) < 4.78 is 14.0. The van der Waals surface area contributed by atoms with Crippen LogP contribution < -0.4 is 10.6 Å². The van der Waals surface area contributed by atoms with Gasteiger partial charge in [0, 0.05) is 18.5 Å². The van der Waals surface area contributed by atoms with Gasteiger partial charge in [-0.25, -0.2) is 14.4 Å². The van der Waals surface area contributed by atoms with Crippen molar-refractivity contribution in [1.29, 1.82) is 0 Å². The fraction of sp³-hybridized carbons (Fsp3) is 0.375. The molecule has 1 aromatic carbocycles. The standard InChI is InChI=1S/C16H19FN4/c1-9-4-7-13(12(17)8-9)19-15-10(2)14(18-3)20-16(21-15)11-5-6-11/h4,7-8,11H,5-6H2,1-3H3,(H2,18,19,20,21). The number of rotatable bonds is 4. The van der Waals surface area contributed by atoms with E-state index in [1.54, 1.807) is 6.07 Å². The van der Waals surface area contributed by atoms with Crippen LogP contribution in [-0.4, -0.2) is 17.0 Å². The topological polar surface area (TPSA) is 49.8 Å². The summed E-state index contributed by atoms with van der Waals surface area (Å²) in [5.41, 5.74) is 2.22. The SMILES string of the molecule is CNc1nc(C2CC2)nc(Nc2ccc(C)cc2F)c1C. The van der Waals surface area contributed by atoms with E-state index in [1.165, 1.54) is 6.07 Å². The van der Waals surface area contributed by atoms with Gasteiger partial charge in [0.2, 0.25) is 0 Å². The van der Waals surface area contributed by atoms with Gasteiger partial charge in [0.1, 0.15) is 23.3 Å². The summed E-state index contributed by atoms with van der Waals surface area (Å²) in [4.78, 5) is 9.11. The number of nitrogens with one attached hydrogen (secondary N) is 2. The minimum Gasteiger partial charge on any atom is -0.373 e. The number of halogens is 1. The summed E-state index contributed by atoms with van der Waals surface area (Å²) >= 11 is 0. The third-order valence-electron chi connectivity index (χ3n) is 3.72. The highest BCUT2D eigenvalue weighted by molar-refractivity contribution is 5.65. The molecule has 110 valence electrons. The number of nitrogens with zero attached hydrogens (tertiary/aromatic N) is 2. The fourth-order valence-corrected chi connectivity index (χ4v) is 2.27. The van der Waals surface area contributed by atoms with Gasteiger partial charge in [-0.3, -0.25) is 0 Å². The van der Waals surface area contributed by atoms with Gasteiger partial charge in [-0.05, 0) is 44.4 Å². The molecular formula is C16H19FN4. The van der Waals surface area contributed by atoms with E-state index in [1.807, 2.05) is 27.0 Å². The molecule has 5 heteroatoms. The van der Waals surface area contributed by atoms with Crippen molar-refractivity contribution in [3.8, 4) is 0 Å². The maximum Gasteiger partial charge on any atom is 0.146 e. The quantitative estimate of drug-likeness (QED) is 0.895. The molecule has 1 aliphatic rings. The first kappa shape index (κ1) is 13.8. The zero-order valence-corrected chi connectivity index (χ0v) is 12.5. The Kier molecular flexibility index (Phi) is 3.49. The van der Waals surface area contributed by atoms with Gasteiger partial charge < -0.3 is 10.6 Å². The van der Waals surface area contributed by atoms with Gasteiger partial charge >= 0.3 is 0 Å². The van der Waals surface area contributed by atoms with Crippen LogP contribution in [0, 0.1) is 19.7 Å². The zero-order chi connectivity index (χ0) is 15.0. The predicted octanol–water partition coefficient (Wildman–Crippen LogP) is 3.90. The van der Waals surface area contributed by atoms with Crippen molar-refractivity contribution in [3.05, 3.63) is 41.0 Å². The molecule has 1 fully saturated rings. The highest BCUT2D eigenvalue weighted by Crippen LogP contribution is 2.39. The van der Waals surface area contributed by atoms with Crippen LogP contribution >= 0.6 is 0 Å². The molecule has 0 aliphatic heterocycles. The molecule has 3 rings (SSSR count). The van der Waals surface area contributed by atoms with Gasteiger partial charge in [-0.15, -0.1) is 0 Å². The van der Waals surface area contributed by atoms with Crippen molar-refractivity contribution in [2.45, 2.75) is 32.6 Å². The molecule has 1 aliphatic carbocycles. The summed E-state index contributed by atoms with van der Waals surface area (Å²) in [5.74, 6) is 2.47. The number of aryl methyl sites for hydroxylation is 1. The van der Waals surface area contributed by atoms with Crippen molar-refractivity contribution < 1.29 is 4.39 Å². The Balaban J connectivity index is 1.98. The van der Waals surface area contributed by atoms with Crippen LogP contribution in [0.1, 0.15) is 35.7 Å². The second-order valence-corrected chi connectivity index (χ2v) is 5.54. The molecule has 21 heavy (non-hydrogen) atoms. The molecular weight excluding hydrogens is 267 g/mol. The van der Waals surface area contributed by atoms with E-state index >= 15 is 0 Å². The summed E-state index contributed by atoms with van der Waals surface area (Å²) in [7, 11) is 1.84. The third-order valence-corrected chi connectivity index (χ3v) is 3.72. The Labute approximate surface area is 123 Å². The first-order valence-corrected chi connectivity index (χ1v) is 7.18. The van der Waals surface area contributed by atoms with Crippen molar-refractivity contribution >= 4 is 17.3 Å². The highest BCUT2D eigenvalue weighted by atomic mass is 19.1. The number of anilines is 3. The van der Waals surface area contributed by atoms with Gasteiger partial charge in [0.05, 0.1) is 5.69 Å². The maximum absolute atomic E-state index is 14.0. The highest BCUT2D eigenvalue weighted by Gasteiger charge is 2.28. The molecule has 0 amide bonds. The van der Waals surface area contributed by atoms with E-state index in [0.717, 1.165) is 35.6 Å². The van der Waals surface area contributed by atoms with E-state index in [9.17, 15) is 4.39 Å². The lowest BCUT2D eigenvalue weighted by atomic mass is 10.2. The summed E-state index contributed by atoms with van der Waals surface area (Å²) in [6.45, 7) is 3.80. The molecule has 0 spiro atoms. The minimum absolute atomic E-state index is 0.271. The van der Waals surface area contributed by atoms with Crippen LogP contribution in [0.5, 0.6) is 0 Å². The summed E-state index contributed by atoms with van der Waals surface area (Å²) in [6.07, 6.45) is 2.26. The van der Waals surface area contributed by atoms with Gasteiger partial charge in [-0.1, -0.05) is 6.07 Å². The number of hydrogen-bond acceptors (Lipinski definition) is 4. The van der Waals surface area contributed by atoms with Crippen molar-refractivity contribution in [2.24, 2.45) is 0 Å². The molecule has 1 saturated carbocycles. The molecule has 1 heterocycles. The molecule has 0 saturated heterocycles. The van der Waals surface area contributed by atoms with Crippen LogP contribution in [-0.2, 0) is 0 Å². The molecule has 0 unspecified atom stereocenters. The Morgan fingerprint density at radius 2 is 1.86 bits per heavy atom. The normalized spacial score (nSPS) is 14.1. The molecule has 0 radical (unpaired) electrons. The summed E-state index contributed by atoms with van der Waals surface area (Å²) in [6, 6.07) is 5.13. The first-order chi connectivity index (χ1) is 10.1. The van der Waals surface area contributed by atoms with E-state index in [-0.39, 0.29) is 5.82 Å². The zero-order valence-electron chi connectivity index (χ0n) is 12.5. The fourth-order valence-electron chi connectivity index (χ4n) is 2.27. The van der Waals surface area contributed by atoms with E-state index in [2.05, 4.69) is 20.6 Å². The predicted molar refractivity (Wildman–Crippen MR) is 82.7 cm³/mol. The van der Waals surface area contributed by atoms with Crippen LogP contribution in [0.4, 0.5) is 21.7 Å². The largest absolute Gasteiger partial charge is 0.373 e. The lowest BCUT2D eigenvalue weighted by Crippen LogP contribution is -2.07. The second-order valence-electron chi connectivity index (χ2n) is 5.54. The van der Waals surface area contributed by atoms with Gasteiger partial charge in [0.15, 0.2) is 0 Å². The smallest absolute Gasteiger partial charge is 0.146 e. The Bertz CT molecular complexity index is 680. The average molecular weight is 286 g/mol. The van der Waals surface area contributed by atoms with Crippen LogP contribution in [0.3, 0.4) is 0 Å². The monoisotopic (exact) mass is 286 g/mol. The van der Waals surface area contributed by atoms with Crippen LogP contribution in [0.2, 0.25) is 0 Å². The summed E-state index contributed by atoms with van der Waals surface area (Å²) in [5, 5.41) is 6.18. The molecule has 2 N–H and O–H groups in total. The first-order valence-electron chi connectivity index (χ1n) is 7.18. The third kappa shape index (κ3) is 2.82.